The van der Waals surface area contributed by atoms with Gasteiger partial charge < -0.3 is 10.6 Å². The molecule has 2 rings (SSSR count). The van der Waals surface area contributed by atoms with E-state index in [4.69, 9.17) is 0 Å². The fourth-order valence-electron chi connectivity index (χ4n) is 2.16. The summed E-state index contributed by atoms with van der Waals surface area (Å²) < 4.78 is 1.10. The van der Waals surface area contributed by atoms with Gasteiger partial charge in [-0.1, -0.05) is 28.1 Å². The second-order valence-corrected chi connectivity index (χ2v) is 5.67. The van der Waals surface area contributed by atoms with Crippen molar-refractivity contribution in [3.63, 3.8) is 0 Å². The monoisotopic (exact) mass is 310 g/mol. The lowest BCUT2D eigenvalue weighted by molar-refractivity contribution is -0.122. The van der Waals surface area contributed by atoms with Gasteiger partial charge in [-0.25, -0.2) is 0 Å². The third kappa shape index (κ3) is 3.56. The minimum atomic E-state index is -0.0549. The normalized spacial score (nSPS) is 20.3. The van der Waals surface area contributed by atoms with E-state index in [1.54, 1.807) is 0 Å². The fourth-order valence-corrected chi connectivity index (χ4v) is 2.80. The van der Waals surface area contributed by atoms with Crippen LogP contribution in [0.1, 0.15) is 30.4 Å². The maximum atomic E-state index is 11.8. The van der Waals surface area contributed by atoms with Crippen LogP contribution < -0.4 is 10.6 Å². The number of amides is 1. The van der Waals surface area contributed by atoms with Gasteiger partial charge in [-0.15, -0.1) is 0 Å². The Morgan fingerprint density at radius 2 is 2.28 bits per heavy atom. The van der Waals surface area contributed by atoms with Crippen LogP contribution in [0.4, 0.5) is 0 Å². The van der Waals surface area contributed by atoms with Crippen molar-refractivity contribution in [2.45, 2.75) is 38.8 Å². The number of aryl methyl sites for hydroxylation is 1. The molecule has 0 saturated carbocycles. The smallest absolute Gasteiger partial charge is 0.237 e. The second-order valence-electron chi connectivity index (χ2n) is 4.82. The van der Waals surface area contributed by atoms with Crippen molar-refractivity contribution in [1.82, 2.24) is 10.6 Å². The third-order valence-corrected chi connectivity index (χ3v) is 4.02. The molecule has 1 atom stereocenters. The summed E-state index contributed by atoms with van der Waals surface area (Å²) in [5, 5.41) is 6.29. The summed E-state index contributed by atoms with van der Waals surface area (Å²) >= 11 is 3.56. The van der Waals surface area contributed by atoms with Crippen LogP contribution in [-0.2, 0) is 11.3 Å². The minimum absolute atomic E-state index is 0.0549. The number of hydrogen-bond acceptors (Lipinski definition) is 2. The van der Waals surface area contributed by atoms with Gasteiger partial charge in [0.05, 0.1) is 6.04 Å². The van der Waals surface area contributed by atoms with Crippen LogP contribution >= 0.6 is 15.9 Å². The van der Waals surface area contributed by atoms with E-state index in [0.29, 0.717) is 0 Å². The van der Waals surface area contributed by atoms with Crippen LogP contribution in [0.2, 0.25) is 0 Å². The van der Waals surface area contributed by atoms with Crippen LogP contribution in [0.25, 0.3) is 0 Å². The van der Waals surface area contributed by atoms with Gasteiger partial charge in [-0.3, -0.25) is 4.79 Å². The molecule has 1 fully saturated rings. The second kappa shape index (κ2) is 6.34. The number of hydrogen-bond donors (Lipinski definition) is 2. The van der Waals surface area contributed by atoms with Gasteiger partial charge in [0.2, 0.25) is 5.91 Å². The number of rotatable bonds is 3. The minimum Gasteiger partial charge on any atom is -0.355 e. The van der Waals surface area contributed by atoms with Crippen molar-refractivity contribution in [3.8, 4) is 0 Å². The summed E-state index contributed by atoms with van der Waals surface area (Å²) in [6.07, 6.45) is 3.11. The zero-order valence-electron chi connectivity index (χ0n) is 10.6. The van der Waals surface area contributed by atoms with Crippen molar-refractivity contribution >= 4 is 21.8 Å². The molecular weight excluding hydrogens is 292 g/mol. The number of carbonyl (C=O) groups is 1. The first-order valence-corrected chi connectivity index (χ1v) is 7.22. The highest BCUT2D eigenvalue weighted by Gasteiger charge is 2.19. The average Bonchev–Trinajstić information content (AvgIpc) is 2.53. The molecule has 0 aromatic heterocycles. The molecule has 1 saturated heterocycles. The predicted octanol–water partition coefficient (Wildman–Crippen LogP) is 2.52. The summed E-state index contributed by atoms with van der Waals surface area (Å²) in [6, 6.07) is 6.24. The zero-order chi connectivity index (χ0) is 13.0. The molecule has 0 radical (unpaired) electrons. The number of halogens is 1. The van der Waals surface area contributed by atoms with Crippen molar-refractivity contribution in [2.75, 3.05) is 6.54 Å². The Morgan fingerprint density at radius 3 is 3.06 bits per heavy atom. The number of carbonyl (C=O) groups excluding carboxylic acids is 1. The summed E-state index contributed by atoms with van der Waals surface area (Å²) in [5.74, 6) is 0.135. The zero-order valence-corrected chi connectivity index (χ0v) is 12.2. The third-order valence-electron chi connectivity index (χ3n) is 3.28. The maximum absolute atomic E-state index is 11.8. The Balaban J connectivity index is 1.95. The Morgan fingerprint density at radius 1 is 1.44 bits per heavy atom. The Labute approximate surface area is 116 Å². The van der Waals surface area contributed by atoms with E-state index in [2.05, 4.69) is 51.7 Å². The van der Waals surface area contributed by atoms with E-state index < -0.39 is 0 Å². The maximum Gasteiger partial charge on any atom is 0.237 e. The Kier molecular flexibility index (Phi) is 4.78. The van der Waals surface area contributed by atoms with E-state index in [0.717, 1.165) is 36.8 Å². The Bertz CT molecular complexity index is 434. The first-order valence-electron chi connectivity index (χ1n) is 6.43. The molecule has 1 amide bonds. The molecule has 18 heavy (non-hydrogen) atoms. The quantitative estimate of drug-likeness (QED) is 0.900. The van der Waals surface area contributed by atoms with Gasteiger partial charge in [0, 0.05) is 17.6 Å². The fraction of sp³-hybridized carbons (Fsp3) is 0.500. The molecule has 4 heteroatoms. The van der Waals surface area contributed by atoms with Crippen LogP contribution in [0.3, 0.4) is 0 Å². The molecule has 0 spiro atoms. The van der Waals surface area contributed by atoms with Gasteiger partial charge in [0.25, 0.3) is 0 Å². The molecule has 1 aliphatic heterocycles. The lowest BCUT2D eigenvalue weighted by atomic mass is 10.1. The summed E-state index contributed by atoms with van der Waals surface area (Å²) in [6.45, 7) is 3.60. The molecule has 1 aliphatic rings. The van der Waals surface area contributed by atoms with Crippen LogP contribution in [0.5, 0.6) is 0 Å². The summed E-state index contributed by atoms with van der Waals surface area (Å²) in [5.41, 5.74) is 2.43. The van der Waals surface area contributed by atoms with E-state index in [1.807, 2.05) is 0 Å². The van der Waals surface area contributed by atoms with E-state index in [9.17, 15) is 4.79 Å². The molecule has 3 nitrogen and oxygen atoms in total. The van der Waals surface area contributed by atoms with Gasteiger partial charge in [-0.2, -0.15) is 0 Å². The number of nitrogens with one attached hydrogen (secondary N) is 2. The van der Waals surface area contributed by atoms with Gasteiger partial charge in [-0.05, 0) is 43.4 Å². The number of benzene rings is 1. The summed E-state index contributed by atoms with van der Waals surface area (Å²) in [4.78, 5) is 11.8. The van der Waals surface area contributed by atoms with Crippen molar-refractivity contribution < 1.29 is 4.79 Å². The molecular formula is C14H19BrN2O. The SMILES string of the molecule is Cc1ccc(CNC2CCCCNC2=O)c(Br)c1. The van der Waals surface area contributed by atoms with Crippen molar-refractivity contribution in [3.05, 3.63) is 33.8 Å². The van der Waals surface area contributed by atoms with Crippen molar-refractivity contribution in [2.24, 2.45) is 0 Å². The van der Waals surface area contributed by atoms with Crippen LogP contribution in [0, 0.1) is 6.92 Å². The first kappa shape index (κ1) is 13.6. The van der Waals surface area contributed by atoms with E-state index in [1.165, 1.54) is 11.1 Å². The first-order chi connectivity index (χ1) is 8.66. The van der Waals surface area contributed by atoms with E-state index in [-0.39, 0.29) is 11.9 Å². The standard InChI is InChI=1S/C14H19BrN2O/c1-10-5-6-11(12(15)8-10)9-17-13-4-2-3-7-16-14(13)18/h5-6,8,13,17H,2-4,7,9H2,1H3,(H,16,18). The molecule has 1 aromatic rings. The highest BCUT2D eigenvalue weighted by atomic mass is 79.9. The molecule has 98 valence electrons. The van der Waals surface area contributed by atoms with Gasteiger partial charge >= 0.3 is 0 Å². The lowest BCUT2D eigenvalue weighted by Gasteiger charge is -2.16. The average molecular weight is 311 g/mol. The molecule has 1 heterocycles. The lowest BCUT2D eigenvalue weighted by Crippen LogP contribution is -2.42. The van der Waals surface area contributed by atoms with Crippen molar-refractivity contribution in [1.29, 1.82) is 0 Å². The van der Waals surface area contributed by atoms with Gasteiger partial charge in [0.15, 0.2) is 0 Å². The van der Waals surface area contributed by atoms with E-state index >= 15 is 0 Å². The predicted molar refractivity (Wildman–Crippen MR) is 76.4 cm³/mol. The van der Waals surface area contributed by atoms with Crippen LogP contribution in [0.15, 0.2) is 22.7 Å². The highest BCUT2D eigenvalue weighted by Crippen LogP contribution is 2.18. The highest BCUT2D eigenvalue weighted by molar-refractivity contribution is 9.10. The molecule has 1 aromatic carbocycles. The molecule has 0 aliphatic carbocycles. The van der Waals surface area contributed by atoms with Gasteiger partial charge in [0.1, 0.15) is 0 Å². The largest absolute Gasteiger partial charge is 0.355 e. The molecule has 0 bridgehead atoms. The topological polar surface area (TPSA) is 41.1 Å². The van der Waals surface area contributed by atoms with Crippen LogP contribution in [-0.4, -0.2) is 18.5 Å². The summed E-state index contributed by atoms with van der Waals surface area (Å²) in [7, 11) is 0. The molecule has 1 unspecified atom stereocenters. The molecule has 2 N–H and O–H groups in total. The Hall–Kier alpha value is -0.870.